The quantitative estimate of drug-likeness (QED) is 0.659. The van der Waals surface area contributed by atoms with E-state index in [2.05, 4.69) is 47.4 Å². The zero-order chi connectivity index (χ0) is 14.7. The van der Waals surface area contributed by atoms with Crippen LogP contribution in [0.1, 0.15) is 22.5 Å². The minimum atomic E-state index is 0.490. The lowest BCUT2D eigenvalue weighted by atomic mass is 10.0. The van der Waals surface area contributed by atoms with Crippen LogP contribution in [-0.4, -0.2) is 9.97 Å². The first-order valence-corrected chi connectivity index (χ1v) is 6.36. The number of anilines is 3. The molecule has 5 nitrogen and oxygen atoms in total. The molecule has 20 heavy (non-hydrogen) atoms. The lowest BCUT2D eigenvalue weighted by Gasteiger charge is -2.13. The van der Waals surface area contributed by atoms with Gasteiger partial charge < -0.3 is 5.32 Å². The zero-order valence-corrected chi connectivity index (χ0v) is 12.1. The average molecular weight is 267 g/mol. The Morgan fingerprint density at radius 1 is 1.00 bits per heavy atom. The second-order valence-corrected chi connectivity index (χ2v) is 4.73. The smallest absolute Gasteiger partial charge is 0.182 e. The Morgan fingerprint density at radius 2 is 1.70 bits per heavy atom. The Labute approximate surface area is 118 Å². The van der Waals surface area contributed by atoms with E-state index in [9.17, 15) is 0 Å². The van der Waals surface area contributed by atoms with E-state index in [0.717, 1.165) is 5.69 Å². The van der Waals surface area contributed by atoms with Crippen molar-refractivity contribution >= 4 is 17.3 Å². The van der Waals surface area contributed by atoms with Crippen molar-refractivity contribution in [3.63, 3.8) is 0 Å². The van der Waals surface area contributed by atoms with Crippen molar-refractivity contribution in [2.24, 2.45) is 0 Å². The highest BCUT2D eigenvalue weighted by molar-refractivity contribution is 5.65. The molecule has 0 amide bonds. The summed E-state index contributed by atoms with van der Waals surface area (Å²) < 4.78 is 0. The molecule has 1 aromatic carbocycles. The monoisotopic (exact) mass is 267 g/mol. The second kappa shape index (κ2) is 5.57. The molecule has 0 radical (unpaired) electrons. The molecule has 0 saturated heterocycles. The summed E-state index contributed by atoms with van der Waals surface area (Å²) in [5.41, 5.74) is 4.72. The van der Waals surface area contributed by atoms with Crippen molar-refractivity contribution in [3.05, 3.63) is 40.7 Å². The van der Waals surface area contributed by atoms with Crippen molar-refractivity contribution in [3.8, 4) is 6.19 Å². The molecule has 0 fully saturated rings. The van der Waals surface area contributed by atoms with Gasteiger partial charge in [-0.1, -0.05) is 6.07 Å². The average Bonchev–Trinajstić information content (AvgIpc) is 2.39. The number of nitrogens with one attached hydrogen (secondary N) is 2. The van der Waals surface area contributed by atoms with Gasteiger partial charge in [-0.25, -0.2) is 9.97 Å². The fourth-order valence-corrected chi connectivity index (χ4v) is 1.98. The highest BCUT2D eigenvalue weighted by Crippen LogP contribution is 2.25. The van der Waals surface area contributed by atoms with Crippen LogP contribution in [0, 0.1) is 39.1 Å². The highest BCUT2D eigenvalue weighted by atomic mass is 15.1. The fourth-order valence-electron chi connectivity index (χ4n) is 1.98. The number of rotatable bonds is 3. The van der Waals surface area contributed by atoms with E-state index in [-0.39, 0.29) is 0 Å². The maximum absolute atomic E-state index is 8.66. The summed E-state index contributed by atoms with van der Waals surface area (Å²) in [6, 6.07) is 5.82. The topological polar surface area (TPSA) is 73.6 Å². The van der Waals surface area contributed by atoms with Crippen LogP contribution >= 0.6 is 0 Å². The Hall–Kier alpha value is -2.61. The largest absolute Gasteiger partial charge is 0.340 e. The summed E-state index contributed by atoms with van der Waals surface area (Å²) in [5.74, 6) is 1.76. The molecular weight excluding hydrogens is 250 g/mol. The number of nitrogens with zero attached hydrogens (tertiary/aromatic N) is 3. The van der Waals surface area contributed by atoms with Gasteiger partial charge in [0, 0.05) is 11.8 Å². The maximum atomic E-state index is 8.66. The molecule has 0 aliphatic carbocycles. The van der Waals surface area contributed by atoms with Crippen molar-refractivity contribution in [1.82, 2.24) is 9.97 Å². The molecule has 102 valence electrons. The van der Waals surface area contributed by atoms with Gasteiger partial charge in [-0.15, -0.1) is 0 Å². The van der Waals surface area contributed by atoms with Crippen LogP contribution < -0.4 is 10.6 Å². The predicted octanol–water partition coefficient (Wildman–Crippen LogP) is 3.35. The van der Waals surface area contributed by atoms with E-state index < -0.39 is 0 Å². The zero-order valence-electron chi connectivity index (χ0n) is 12.1. The summed E-state index contributed by atoms with van der Waals surface area (Å²) in [6.07, 6.45) is 1.86. The van der Waals surface area contributed by atoms with Crippen molar-refractivity contribution < 1.29 is 0 Å². The van der Waals surface area contributed by atoms with Gasteiger partial charge in [-0.3, -0.25) is 5.32 Å². The Bertz CT molecular complexity index is 685. The molecule has 0 aliphatic rings. The van der Waals surface area contributed by atoms with Gasteiger partial charge >= 0.3 is 0 Å². The summed E-state index contributed by atoms with van der Waals surface area (Å²) in [4.78, 5) is 8.47. The van der Waals surface area contributed by atoms with Gasteiger partial charge in [-0.2, -0.15) is 5.26 Å². The lowest BCUT2D eigenvalue weighted by Crippen LogP contribution is -2.02. The van der Waals surface area contributed by atoms with Crippen molar-refractivity contribution in [1.29, 1.82) is 5.26 Å². The van der Waals surface area contributed by atoms with Crippen LogP contribution in [-0.2, 0) is 0 Å². The SMILES string of the molecule is Cc1nc(NC#N)cc(Nc2ccc(C)c(C)c2C)n1. The van der Waals surface area contributed by atoms with Gasteiger partial charge in [0.05, 0.1) is 0 Å². The molecule has 1 heterocycles. The van der Waals surface area contributed by atoms with Crippen molar-refractivity contribution in [2.75, 3.05) is 10.6 Å². The normalized spacial score (nSPS) is 9.95. The summed E-state index contributed by atoms with van der Waals surface area (Å²) >= 11 is 0. The minimum Gasteiger partial charge on any atom is -0.340 e. The van der Waals surface area contributed by atoms with Gasteiger partial charge in [0.2, 0.25) is 0 Å². The van der Waals surface area contributed by atoms with E-state index in [1.165, 1.54) is 16.7 Å². The summed E-state index contributed by atoms with van der Waals surface area (Å²) in [7, 11) is 0. The first kappa shape index (κ1) is 13.8. The van der Waals surface area contributed by atoms with Crippen molar-refractivity contribution in [2.45, 2.75) is 27.7 Å². The Morgan fingerprint density at radius 3 is 2.40 bits per heavy atom. The molecule has 0 unspecified atom stereocenters. The van der Waals surface area contributed by atoms with Gasteiger partial charge in [0.1, 0.15) is 17.5 Å². The van der Waals surface area contributed by atoms with E-state index in [1.54, 1.807) is 13.0 Å². The van der Waals surface area contributed by atoms with Crippen LogP contribution in [0.2, 0.25) is 0 Å². The lowest BCUT2D eigenvalue weighted by molar-refractivity contribution is 1.06. The molecular formula is C15H17N5. The first-order chi connectivity index (χ1) is 9.51. The van der Waals surface area contributed by atoms with Crippen LogP contribution in [0.4, 0.5) is 17.3 Å². The molecule has 0 saturated carbocycles. The molecule has 0 bridgehead atoms. The molecule has 0 atom stereocenters. The molecule has 0 spiro atoms. The van der Waals surface area contributed by atoms with Gasteiger partial charge in [0.15, 0.2) is 6.19 Å². The third kappa shape index (κ3) is 2.86. The predicted molar refractivity (Wildman–Crippen MR) is 79.9 cm³/mol. The van der Waals surface area contributed by atoms with Crippen LogP contribution in [0.15, 0.2) is 18.2 Å². The minimum absolute atomic E-state index is 0.490. The standard InChI is InChI=1S/C15H17N5/c1-9-5-6-13(11(3)10(9)2)20-15-7-14(17-8-16)18-12(4)19-15/h5-7H,1-4H3,(H2,17,18,19,20). The number of aryl methyl sites for hydroxylation is 2. The van der Waals surface area contributed by atoms with Crippen LogP contribution in [0.3, 0.4) is 0 Å². The molecule has 2 aromatic rings. The number of hydrogen-bond acceptors (Lipinski definition) is 5. The Kier molecular flexibility index (Phi) is 3.85. The first-order valence-electron chi connectivity index (χ1n) is 6.36. The highest BCUT2D eigenvalue weighted by Gasteiger charge is 2.06. The van der Waals surface area contributed by atoms with E-state index in [1.807, 2.05) is 12.3 Å². The molecule has 2 N–H and O–H groups in total. The maximum Gasteiger partial charge on any atom is 0.182 e. The molecule has 0 aliphatic heterocycles. The van der Waals surface area contributed by atoms with Crippen LogP contribution in [0.25, 0.3) is 0 Å². The molecule has 5 heteroatoms. The fraction of sp³-hybridized carbons (Fsp3) is 0.267. The summed E-state index contributed by atoms with van der Waals surface area (Å²) in [5, 5.41) is 14.5. The molecule has 1 aromatic heterocycles. The van der Waals surface area contributed by atoms with E-state index in [4.69, 9.17) is 5.26 Å². The Balaban J connectivity index is 2.35. The second-order valence-electron chi connectivity index (χ2n) is 4.73. The number of nitriles is 1. The third-order valence-corrected chi connectivity index (χ3v) is 3.34. The number of hydrogen-bond donors (Lipinski definition) is 2. The summed E-state index contributed by atoms with van der Waals surface area (Å²) in [6.45, 7) is 8.06. The van der Waals surface area contributed by atoms with Gasteiger partial charge in [-0.05, 0) is 50.5 Å². The van der Waals surface area contributed by atoms with Gasteiger partial charge in [0.25, 0.3) is 0 Å². The number of benzene rings is 1. The number of aromatic nitrogens is 2. The van der Waals surface area contributed by atoms with Crippen LogP contribution in [0.5, 0.6) is 0 Å². The van der Waals surface area contributed by atoms with E-state index >= 15 is 0 Å². The third-order valence-electron chi connectivity index (χ3n) is 3.34. The van der Waals surface area contributed by atoms with E-state index in [0.29, 0.717) is 17.5 Å². The molecule has 2 rings (SSSR count).